The topological polar surface area (TPSA) is 29.5 Å². The summed E-state index contributed by atoms with van der Waals surface area (Å²) in [5.74, 6) is 0.803. The molecule has 0 fully saturated rings. The highest BCUT2D eigenvalue weighted by atomic mass is 35.5. The summed E-state index contributed by atoms with van der Waals surface area (Å²) in [6, 6.07) is 3.81. The van der Waals surface area contributed by atoms with Crippen LogP contribution < -0.4 is 4.74 Å². The molecule has 15 heavy (non-hydrogen) atoms. The van der Waals surface area contributed by atoms with Crippen LogP contribution in [0.4, 0.5) is 0 Å². The SMILES string of the molecule is Cc1cc(OC/C=C/CO)cc(C)c1Cl. The van der Waals surface area contributed by atoms with E-state index in [-0.39, 0.29) is 6.61 Å². The molecule has 0 aliphatic heterocycles. The minimum Gasteiger partial charge on any atom is -0.490 e. The van der Waals surface area contributed by atoms with Crippen LogP contribution in [0.2, 0.25) is 5.02 Å². The fourth-order valence-corrected chi connectivity index (χ4v) is 1.39. The fraction of sp³-hybridized carbons (Fsp3) is 0.333. The van der Waals surface area contributed by atoms with E-state index in [4.69, 9.17) is 21.4 Å². The van der Waals surface area contributed by atoms with Gasteiger partial charge in [-0.3, -0.25) is 0 Å². The minimum atomic E-state index is 0.0437. The van der Waals surface area contributed by atoms with Crippen molar-refractivity contribution in [3.8, 4) is 5.75 Å². The lowest BCUT2D eigenvalue weighted by Gasteiger charge is -2.08. The number of aliphatic hydroxyl groups is 1. The van der Waals surface area contributed by atoms with Crippen LogP contribution in [0.1, 0.15) is 11.1 Å². The monoisotopic (exact) mass is 226 g/mol. The van der Waals surface area contributed by atoms with Crippen molar-refractivity contribution in [1.29, 1.82) is 0 Å². The molecule has 3 heteroatoms. The largest absolute Gasteiger partial charge is 0.490 e. The molecule has 0 aliphatic carbocycles. The molecular weight excluding hydrogens is 212 g/mol. The van der Waals surface area contributed by atoms with Crippen molar-refractivity contribution < 1.29 is 9.84 Å². The zero-order valence-corrected chi connectivity index (χ0v) is 9.71. The van der Waals surface area contributed by atoms with Crippen LogP contribution in [0, 0.1) is 13.8 Å². The standard InChI is InChI=1S/C12H15ClO2/c1-9-7-11(8-10(2)12(9)13)15-6-4-3-5-14/h3-4,7-8,14H,5-6H2,1-2H3/b4-3+. The lowest BCUT2D eigenvalue weighted by atomic mass is 10.1. The van der Waals surface area contributed by atoms with Crippen LogP contribution in [0.3, 0.4) is 0 Å². The van der Waals surface area contributed by atoms with Gasteiger partial charge in [-0.15, -0.1) is 0 Å². The van der Waals surface area contributed by atoms with E-state index in [0.29, 0.717) is 6.61 Å². The lowest BCUT2D eigenvalue weighted by Crippen LogP contribution is -1.95. The molecule has 0 unspecified atom stereocenters. The molecule has 82 valence electrons. The number of halogens is 1. The average molecular weight is 227 g/mol. The summed E-state index contributed by atoms with van der Waals surface area (Å²) in [7, 11) is 0. The zero-order chi connectivity index (χ0) is 11.3. The molecule has 1 N–H and O–H groups in total. The highest BCUT2D eigenvalue weighted by Crippen LogP contribution is 2.25. The van der Waals surface area contributed by atoms with Gasteiger partial charge in [-0.1, -0.05) is 17.7 Å². The van der Waals surface area contributed by atoms with Crippen LogP contribution in [0.15, 0.2) is 24.3 Å². The van der Waals surface area contributed by atoms with Gasteiger partial charge in [0, 0.05) is 5.02 Å². The van der Waals surface area contributed by atoms with Crippen LogP contribution in [0.25, 0.3) is 0 Å². The first kappa shape index (κ1) is 12.1. The maximum Gasteiger partial charge on any atom is 0.120 e. The van der Waals surface area contributed by atoms with Crippen molar-refractivity contribution in [3.63, 3.8) is 0 Å². The third kappa shape index (κ3) is 3.57. The van der Waals surface area contributed by atoms with Gasteiger partial charge in [0.25, 0.3) is 0 Å². The number of hydrogen-bond donors (Lipinski definition) is 1. The zero-order valence-electron chi connectivity index (χ0n) is 8.96. The number of aliphatic hydroxyl groups excluding tert-OH is 1. The Bertz CT molecular complexity index is 336. The number of benzene rings is 1. The van der Waals surface area contributed by atoms with Gasteiger partial charge in [0.1, 0.15) is 12.4 Å². The van der Waals surface area contributed by atoms with Gasteiger partial charge >= 0.3 is 0 Å². The molecule has 1 aromatic carbocycles. The molecule has 0 aliphatic rings. The van der Waals surface area contributed by atoms with Crippen molar-refractivity contribution in [1.82, 2.24) is 0 Å². The summed E-state index contributed by atoms with van der Waals surface area (Å²) in [4.78, 5) is 0. The first-order valence-electron chi connectivity index (χ1n) is 4.80. The summed E-state index contributed by atoms with van der Waals surface area (Å²) in [6.45, 7) is 4.40. The molecule has 0 saturated carbocycles. The van der Waals surface area contributed by atoms with E-state index in [9.17, 15) is 0 Å². The van der Waals surface area contributed by atoms with Crippen LogP contribution in [0.5, 0.6) is 5.75 Å². The molecule has 0 amide bonds. The second kappa shape index (κ2) is 5.79. The van der Waals surface area contributed by atoms with Gasteiger partial charge in [0.2, 0.25) is 0 Å². The van der Waals surface area contributed by atoms with E-state index < -0.39 is 0 Å². The lowest BCUT2D eigenvalue weighted by molar-refractivity contribution is 0.336. The van der Waals surface area contributed by atoms with Crippen molar-refractivity contribution in [3.05, 3.63) is 40.4 Å². The third-order valence-corrected chi connectivity index (χ3v) is 2.62. The van der Waals surface area contributed by atoms with Gasteiger partial charge in [-0.05, 0) is 43.2 Å². The van der Waals surface area contributed by atoms with Crippen molar-refractivity contribution in [2.24, 2.45) is 0 Å². The highest BCUT2D eigenvalue weighted by molar-refractivity contribution is 6.32. The Morgan fingerprint density at radius 1 is 1.27 bits per heavy atom. The predicted octanol–water partition coefficient (Wildman–Crippen LogP) is 2.88. The van der Waals surface area contributed by atoms with E-state index in [1.807, 2.05) is 26.0 Å². The molecule has 1 aromatic rings. The Labute approximate surface area is 95.1 Å². The summed E-state index contributed by atoms with van der Waals surface area (Å²) in [6.07, 6.45) is 3.43. The summed E-state index contributed by atoms with van der Waals surface area (Å²) in [5, 5.41) is 9.31. The maximum atomic E-state index is 8.53. The second-order valence-corrected chi connectivity index (χ2v) is 3.71. The van der Waals surface area contributed by atoms with Crippen LogP contribution >= 0.6 is 11.6 Å². The molecule has 0 radical (unpaired) electrons. The Kier molecular flexibility index (Phi) is 4.66. The van der Waals surface area contributed by atoms with Crippen LogP contribution in [-0.4, -0.2) is 18.3 Å². The van der Waals surface area contributed by atoms with E-state index in [0.717, 1.165) is 21.9 Å². The number of hydrogen-bond acceptors (Lipinski definition) is 2. The molecule has 0 atom stereocenters. The molecule has 0 bridgehead atoms. The Morgan fingerprint density at radius 3 is 2.40 bits per heavy atom. The van der Waals surface area contributed by atoms with Crippen LogP contribution in [-0.2, 0) is 0 Å². The summed E-state index contributed by atoms with van der Waals surface area (Å²) >= 11 is 6.03. The molecule has 0 spiro atoms. The normalized spacial score (nSPS) is 10.9. The first-order valence-corrected chi connectivity index (χ1v) is 5.18. The van der Waals surface area contributed by atoms with Crippen molar-refractivity contribution in [2.45, 2.75) is 13.8 Å². The highest BCUT2D eigenvalue weighted by Gasteiger charge is 2.02. The smallest absolute Gasteiger partial charge is 0.120 e. The van der Waals surface area contributed by atoms with Crippen molar-refractivity contribution in [2.75, 3.05) is 13.2 Å². The van der Waals surface area contributed by atoms with Gasteiger partial charge in [0.15, 0.2) is 0 Å². The van der Waals surface area contributed by atoms with Gasteiger partial charge < -0.3 is 9.84 Å². The Morgan fingerprint density at radius 2 is 1.87 bits per heavy atom. The Hall–Kier alpha value is -0.990. The summed E-state index contributed by atoms with van der Waals surface area (Å²) in [5.41, 5.74) is 2.02. The number of aryl methyl sites for hydroxylation is 2. The van der Waals surface area contributed by atoms with Gasteiger partial charge in [-0.2, -0.15) is 0 Å². The first-order chi connectivity index (χ1) is 7.15. The van der Waals surface area contributed by atoms with E-state index in [2.05, 4.69) is 0 Å². The van der Waals surface area contributed by atoms with Crippen molar-refractivity contribution >= 4 is 11.6 Å². The van der Waals surface area contributed by atoms with E-state index in [1.54, 1.807) is 12.2 Å². The fourth-order valence-electron chi connectivity index (χ4n) is 1.28. The minimum absolute atomic E-state index is 0.0437. The quantitative estimate of drug-likeness (QED) is 0.800. The molecule has 0 aromatic heterocycles. The third-order valence-electron chi connectivity index (χ3n) is 2.03. The second-order valence-electron chi connectivity index (χ2n) is 3.34. The summed E-state index contributed by atoms with van der Waals surface area (Å²) < 4.78 is 5.47. The molecular formula is C12H15ClO2. The predicted molar refractivity (Wildman–Crippen MR) is 62.6 cm³/mol. The Balaban J connectivity index is 2.66. The molecule has 0 heterocycles. The number of ether oxygens (including phenoxy) is 1. The van der Waals surface area contributed by atoms with E-state index >= 15 is 0 Å². The molecule has 1 rings (SSSR count). The van der Waals surface area contributed by atoms with Gasteiger partial charge in [0.05, 0.1) is 6.61 Å². The average Bonchev–Trinajstić information content (AvgIpc) is 2.21. The maximum absolute atomic E-state index is 8.53. The van der Waals surface area contributed by atoms with E-state index in [1.165, 1.54) is 0 Å². The molecule has 0 saturated heterocycles. The number of rotatable bonds is 4. The molecule has 2 nitrogen and oxygen atoms in total. The van der Waals surface area contributed by atoms with Gasteiger partial charge in [-0.25, -0.2) is 0 Å².